The number of rotatable bonds is 4. The number of carbonyl (C=O) groups is 3. The van der Waals surface area contributed by atoms with Gasteiger partial charge in [-0.2, -0.15) is 0 Å². The fourth-order valence-corrected chi connectivity index (χ4v) is 3.91. The molecule has 0 saturated carbocycles. The number of carbonyl (C=O) groups excluding carboxylic acids is 2. The van der Waals surface area contributed by atoms with Crippen molar-refractivity contribution in [3.63, 3.8) is 0 Å². The molecule has 0 bridgehead atoms. The van der Waals surface area contributed by atoms with Gasteiger partial charge in [-0.15, -0.1) is 11.8 Å². The predicted octanol–water partition coefficient (Wildman–Crippen LogP) is -0.674. The SMILES string of the molecule is O.[2H]c1c([2H])c([C@@H](N)C(=O)N[C@@H]2C(=O)N3C(C(=O)O)=C(C)CS[C@H]23)c([2H])c([2H])c1O. The molecule has 9 nitrogen and oxygen atoms in total. The number of fused-ring (bicyclic) bond motifs is 1. The average Bonchev–Trinajstić information content (AvgIpc) is 2.68. The highest BCUT2D eigenvalue weighted by Crippen LogP contribution is 2.40. The minimum absolute atomic E-state index is 0. The van der Waals surface area contributed by atoms with E-state index in [4.69, 9.17) is 11.2 Å². The van der Waals surface area contributed by atoms with Gasteiger partial charge in [0.25, 0.3) is 5.91 Å². The fourth-order valence-electron chi connectivity index (χ4n) is 2.62. The minimum atomic E-state index is -1.63. The van der Waals surface area contributed by atoms with Crippen LogP contribution in [0.4, 0.5) is 0 Å². The second kappa shape index (κ2) is 7.36. The van der Waals surface area contributed by atoms with E-state index in [1.54, 1.807) is 6.92 Å². The molecule has 1 fully saturated rings. The molecule has 0 spiro atoms. The number of aliphatic carboxylic acids is 1. The van der Waals surface area contributed by atoms with Crippen molar-refractivity contribution in [3.05, 3.63) is 41.0 Å². The lowest BCUT2D eigenvalue weighted by Gasteiger charge is -2.49. The average molecular weight is 385 g/mol. The van der Waals surface area contributed by atoms with Gasteiger partial charge in [-0.3, -0.25) is 14.5 Å². The van der Waals surface area contributed by atoms with Crippen LogP contribution in [-0.2, 0) is 14.4 Å². The zero-order valence-corrected chi connectivity index (χ0v) is 14.3. The third-order valence-electron chi connectivity index (χ3n) is 3.88. The Morgan fingerprint density at radius 2 is 2.04 bits per heavy atom. The molecule has 10 heteroatoms. The Kier molecular flexibility index (Phi) is 4.13. The van der Waals surface area contributed by atoms with Gasteiger partial charge in [0.2, 0.25) is 5.91 Å². The van der Waals surface area contributed by atoms with Gasteiger partial charge in [0, 0.05) is 5.75 Å². The summed E-state index contributed by atoms with van der Waals surface area (Å²) >= 11 is 1.28. The monoisotopic (exact) mass is 385 g/mol. The smallest absolute Gasteiger partial charge is 0.352 e. The molecule has 1 saturated heterocycles. The molecule has 1 aromatic rings. The summed E-state index contributed by atoms with van der Waals surface area (Å²) in [6.07, 6.45) is 0. The maximum Gasteiger partial charge on any atom is 0.352 e. The highest BCUT2D eigenvalue weighted by molar-refractivity contribution is 8.00. The van der Waals surface area contributed by atoms with E-state index in [0.29, 0.717) is 11.3 Å². The number of amides is 2. The maximum absolute atomic E-state index is 12.6. The van der Waals surface area contributed by atoms with E-state index in [1.165, 1.54) is 11.8 Å². The Bertz CT molecular complexity index is 959. The van der Waals surface area contributed by atoms with Gasteiger partial charge in [-0.05, 0) is 30.1 Å². The highest BCUT2D eigenvalue weighted by Gasteiger charge is 2.53. The first-order chi connectivity index (χ1) is 13.5. The number of nitrogens with one attached hydrogen (secondary N) is 1. The number of thioether (sulfide) groups is 1. The second-order valence-electron chi connectivity index (χ2n) is 5.57. The first-order valence-corrected chi connectivity index (χ1v) is 8.26. The Morgan fingerprint density at radius 3 is 2.62 bits per heavy atom. The van der Waals surface area contributed by atoms with Crippen LogP contribution in [0.1, 0.15) is 24.0 Å². The predicted molar refractivity (Wildman–Crippen MR) is 94.0 cm³/mol. The number of benzene rings is 1. The second-order valence-corrected chi connectivity index (χ2v) is 6.68. The summed E-state index contributed by atoms with van der Waals surface area (Å²) in [5.74, 6) is -3.27. The molecule has 2 aliphatic rings. The summed E-state index contributed by atoms with van der Waals surface area (Å²) in [5, 5.41) is 20.7. The van der Waals surface area contributed by atoms with Crippen LogP contribution in [0, 0.1) is 0 Å². The summed E-state index contributed by atoms with van der Waals surface area (Å²) in [6, 6.07) is -5.45. The Morgan fingerprint density at radius 1 is 1.42 bits per heavy atom. The van der Waals surface area contributed by atoms with E-state index in [1.807, 2.05) is 0 Å². The van der Waals surface area contributed by atoms with Crippen LogP contribution in [-0.4, -0.2) is 55.5 Å². The van der Waals surface area contributed by atoms with Gasteiger partial charge in [-0.1, -0.05) is 12.1 Å². The van der Waals surface area contributed by atoms with Gasteiger partial charge in [0.05, 0.1) is 5.48 Å². The maximum atomic E-state index is 12.6. The normalized spacial score (nSPS) is 24.8. The fraction of sp³-hybridized carbons (Fsp3) is 0.312. The molecule has 1 aromatic carbocycles. The van der Waals surface area contributed by atoms with E-state index >= 15 is 0 Å². The lowest BCUT2D eigenvalue weighted by molar-refractivity contribution is -0.150. The largest absolute Gasteiger partial charge is 0.508 e. The van der Waals surface area contributed by atoms with Gasteiger partial charge in [0.1, 0.15) is 28.9 Å². The number of β-lactam (4-membered cyclic amide) rings is 1. The molecule has 2 aliphatic heterocycles. The standard InChI is InChI=1S/C16H17N3O5S.H2O/c1-7-6-25-15-11(14(22)19(15)12(7)16(23)24)18-13(21)10(17)8-2-4-9(20)5-3-8;/h2-5,10-11,15,20H,6,17H2,1H3,(H,18,21)(H,23,24);1H2/t10-,11-,15-;/m1./s1/i2D,3D,4D,5D;. The molecule has 26 heavy (non-hydrogen) atoms. The van der Waals surface area contributed by atoms with Crippen LogP contribution in [0.3, 0.4) is 0 Å². The number of aromatic hydroxyl groups is 1. The Balaban J connectivity index is 0.00000320. The first kappa shape index (κ1) is 14.6. The van der Waals surface area contributed by atoms with Crippen LogP contribution in [0.25, 0.3) is 0 Å². The van der Waals surface area contributed by atoms with Gasteiger partial charge in [0.15, 0.2) is 0 Å². The van der Waals surface area contributed by atoms with Crippen LogP contribution >= 0.6 is 11.8 Å². The van der Waals surface area contributed by atoms with Crippen LogP contribution in [0.15, 0.2) is 35.4 Å². The number of nitrogens with two attached hydrogens (primary N) is 1. The zero-order chi connectivity index (χ0) is 21.8. The van der Waals surface area contributed by atoms with Crippen molar-refractivity contribution in [2.24, 2.45) is 5.73 Å². The van der Waals surface area contributed by atoms with Crippen molar-refractivity contribution in [1.29, 1.82) is 0 Å². The van der Waals surface area contributed by atoms with Gasteiger partial charge in [-0.25, -0.2) is 4.79 Å². The Labute approximate surface area is 158 Å². The van der Waals surface area contributed by atoms with Gasteiger partial charge < -0.3 is 26.7 Å². The number of hydrogen-bond acceptors (Lipinski definition) is 6. The summed E-state index contributed by atoms with van der Waals surface area (Å²) in [7, 11) is 0. The summed E-state index contributed by atoms with van der Waals surface area (Å²) < 4.78 is 31.0. The molecule has 2 heterocycles. The van der Waals surface area contributed by atoms with Crippen molar-refractivity contribution in [1.82, 2.24) is 10.2 Å². The molecule has 2 amide bonds. The molecule has 3 atom stereocenters. The van der Waals surface area contributed by atoms with Crippen molar-refractivity contribution in [2.45, 2.75) is 24.4 Å². The lowest BCUT2D eigenvalue weighted by Crippen LogP contribution is -2.71. The number of carboxylic acids is 1. The number of phenols is 1. The minimum Gasteiger partial charge on any atom is -0.508 e. The molecule has 3 rings (SSSR count). The zero-order valence-electron chi connectivity index (χ0n) is 17.5. The quantitative estimate of drug-likeness (QED) is 0.499. The Hall–Kier alpha value is -2.56. The molecule has 0 aromatic heterocycles. The molecule has 0 unspecified atom stereocenters. The number of phenolic OH excluding ortho intramolecular Hbond substituents is 1. The van der Waals surface area contributed by atoms with Crippen molar-refractivity contribution in [2.75, 3.05) is 5.75 Å². The first-order valence-electron chi connectivity index (χ1n) is 9.21. The van der Waals surface area contributed by atoms with Crippen LogP contribution < -0.4 is 11.1 Å². The van der Waals surface area contributed by atoms with Crippen molar-refractivity contribution >= 4 is 29.5 Å². The lowest BCUT2D eigenvalue weighted by atomic mass is 10.0. The van der Waals surface area contributed by atoms with E-state index in [0.717, 1.165) is 4.90 Å². The summed E-state index contributed by atoms with van der Waals surface area (Å²) in [5.41, 5.74) is 5.82. The number of nitrogens with zero attached hydrogens (tertiary/aromatic N) is 1. The van der Waals surface area contributed by atoms with Crippen molar-refractivity contribution < 1.29 is 35.6 Å². The third kappa shape index (κ3) is 3.26. The van der Waals surface area contributed by atoms with Crippen LogP contribution in [0.5, 0.6) is 5.75 Å². The number of hydrogen-bond donors (Lipinski definition) is 4. The van der Waals surface area contributed by atoms with E-state index < -0.39 is 70.7 Å². The number of carboxylic acid groups (broad SMARTS) is 1. The molecule has 140 valence electrons. The van der Waals surface area contributed by atoms with Crippen LogP contribution in [0.2, 0.25) is 0 Å². The van der Waals surface area contributed by atoms with E-state index in [9.17, 15) is 24.6 Å². The molecular weight excluding hydrogens is 362 g/mol. The molecular formula is C16H19N3O6S. The van der Waals surface area contributed by atoms with Gasteiger partial charge >= 0.3 is 5.97 Å². The van der Waals surface area contributed by atoms with E-state index in [-0.39, 0.29) is 11.2 Å². The summed E-state index contributed by atoms with van der Waals surface area (Å²) in [6.45, 7) is 1.61. The third-order valence-corrected chi connectivity index (χ3v) is 5.31. The topological polar surface area (TPSA) is 164 Å². The van der Waals surface area contributed by atoms with Crippen molar-refractivity contribution in [3.8, 4) is 5.75 Å². The summed E-state index contributed by atoms with van der Waals surface area (Å²) in [4.78, 5) is 37.5. The molecule has 0 radical (unpaired) electrons. The molecule has 0 aliphatic carbocycles. The highest BCUT2D eigenvalue weighted by atomic mass is 32.2. The van der Waals surface area contributed by atoms with E-state index in [2.05, 4.69) is 5.32 Å². The molecule has 7 N–H and O–H groups in total.